The molecule has 0 aliphatic heterocycles. The average molecular weight is 349 g/mol. The molecule has 0 unspecified atom stereocenters. The summed E-state index contributed by atoms with van der Waals surface area (Å²) >= 11 is 0. The number of hydrogen-bond donors (Lipinski definition) is 3. The van der Waals surface area contributed by atoms with Crippen LogP contribution in [0.3, 0.4) is 0 Å². The van der Waals surface area contributed by atoms with Crippen molar-refractivity contribution < 1.29 is 9.90 Å². The summed E-state index contributed by atoms with van der Waals surface area (Å²) in [4.78, 5) is 24.9. The van der Waals surface area contributed by atoms with E-state index in [0.717, 1.165) is 16.7 Å². The number of carbonyl (C=O) groups excluding carboxylic acids is 1. The number of anilines is 1. The first kappa shape index (κ1) is 17.3. The molecule has 2 amide bonds. The van der Waals surface area contributed by atoms with Gasteiger partial charge in [-0.15, -0.1) is 6.58 Å². The van der Waals surface area contributed by atoms with Crippen LogP contribution in [0.2, 0.25) is 0 Å². The minimum atomic E-state index is -0.389. The quantitative estimate of drug-likeness (QED) is 0.627. The Morgan fingerprint density at radius 3 is 2.65 bits per heavy atom. The summed E-state index contributed by atoms with van der Waals surface area (Å²) in [6.45, 7) is 7.58. The number of rotatable bonds is 4. The summed E-state index contributed by atoms with van der Waals surface area (Å²) in [5.41, 5.74) is 4.20. The smallest absolute Gasteiger partial charge is 0.320 e. The lowest BCUT2D eigenvalue weighted by Crippen LogP contribution is -2.29. The number of amides is 2. The Morgan fingerprint density at radius 1 is 1.23 bits per heavy atom. The van der Waals surface area contributed by atoms with Gasteiger partial charge >= 0.3 is 6.03 Å². The van der Waals surface area contributed by atoms with Gasteiger partial charge in [-0.2, -0.15) is 0 Å². The van der Waals surface area contributed by atoms with Crippen LogP contribution in [0.1, 0.15) is 11.1 Å². The number of urea groups is 1. The Balaban J connectivity index is 1.94. The van der Waals surface area contributed by atoms with Crippen LogP contribution in [0.5, 0.6) is 5.75 Å². The number of aromatic hydroxyl groups is 1. The van der Waals surface area contributed by atoms with Crippen molar-refractivity contribution in [2.24, 2.45) is 0 Å². The summed E-state index contributed by atoms with van der Waals surface area (Å²) in [5.74, 6) is 0.591. The molecule has 0 spiro atoms. The van der Waals surface area contributed by atoms with E-state index >= 15 is 0 Å². The molecule has 2 aromatic heterocycles. The van der Waals surface area contributed by atoms with Crippen LogP contribution in [0.4, 0.5) is 10.6 Å². The van der Waals surface area contributed by atoms with E-state index < -0.39 is 0 Å². The van der Waals surface area contributed by atoms with E-state index in [4.69, 9.17) is 0 Å². The van der Waals surface area contributed by atoms with E-state index in [9.17, 15) is 9.90 Å². The topological polar surface area (TPSA) is 100 Å². The maximum Gasteiger partial charge on any atom is 0.320 e. The fourth-order valence-corrected chi connectivity index (χ4v) is 2.55. The number of fused-ring (bicyclic) bond motifs is 1. The zero-order valence-electron chi connectivity index (χ0n) is 14.6. The number of benzene rings is 1. The maximum absolute atomic E-state index is 11.7. The molecule has 7 nitrogen and oxygen atoms in total. The largest absolute Gasteiger partial charge is 0.507 e. The van der Waals surface area contributed by atoms with Crippen molar-refractivity contribution in [3.05, 3.63) is 54.2 Å². The second kappa shape index (κ2) is 7.18. The first-order valence-electron chi connectivity index (χ1n) is 8.08. The lowest BCUT2D eigenvalue weighted by molar-refractivity contribution is 0.253. The summed E-state index contributed by atoms with van der Waals surface area (Å²) in [5, 5.41) is 15.1. The zero-order chi connectivity index (χ0) is 18.7. The zero-order valence-corrected chi connectivity index (χ0v) is 14.6. The molecule has 1 aromatic carbocycles. The van der Waals surface area contributed by atoms with E-state index in [-0.39, 0.29) is 11.8 Å². The number of hydrogen-bond acceptors (Lipinski definition) is 5. The molecule has 3 rings (SSSR count). The summed E-state index contributed by atoms with van der Waals surface area (Å²) in [6, 6.07) is 7.03. The van der Waals surface area contributed by atoms with Gasteiger partial charge in [0.15, 0.2) is 11.5 Å². The second-order valence-corrected chi connectivity index (χ2v) is 5.88. The van der Waals surface area contributed by atoms with Crippen LogP contribution in [0.25, 0.3) is 22.4 Å². The number of nitrogens with one attached hydrogen (secondary N) is 2. The molecule has 2 heterocycles. The van der Waals surface area contributed by atoms with Gasteiger partial charge in [-0.1, -0.05) is 6.08 Å². The van der Waals surface area contributed by atoms with Crippen LogP contribution in [-0.4, -0.2) is 32.6 Å². The van der Waals surface area contributed by atoms with E-state index in [2.05, 4.69) is 32.2 Å². The van der Waals surface area contributed by atoms with Crippen molar-refractivity contribution in [2.75, 3.05) is 11.9 Å². The fraction of sp³-hybridized carbons (Fsp3) is 0.158. The number of carbonyl (C=O) groups is 1. The molecule has 0 aliphatic carbocycles. The summed E-state index contributed by atoms with van der Waals surface area (Å²) < 4.78 is 0. The lowest BCUT2D eigenvalue weighted by atomic mass is 10.0. The molecule has 0 radical (unpaired) electrons. The van der Waals surface area contributed by atoms with Crippen LogP contribution >= 0.6 is 0 Å². The highest BCUT2D eigenvalue weighted by Gasteiger charge is 2.09. The van der Waals surface area contributed by atoms with Crippen LogP contribution in [0, 0.1) is 13.8 Å². The van der Waals surface area contributed by atoms with Crippen molar-refractivity contribution in [3.63, 3.8) is 0 Å². The van der Waals surface area contributed by atoms with Gasteiger partial charge in [0, 0.05) is 12.1 Å². The van der Waals surface area contributed by atoms with E-state index in [1.54, 1.807) is 6.08 Å². The van der Waals surface area contributed by atoms with Crippen molar-refractivity contribution in [1.29, 1.82) is 0 Å². The molecule has 3 N–H and O–H groups in total. The van der Waals surface area contributed by atoms with Gasteiger partial charge in [0.25, 0.3) is 0 Å². The highest BCUT2D eigenvalue weighted by molar-refractivity contribution is 5.89. The Morgan fingerprint density at radius 2 is 1.96 bits per heavy atom. The van der Waals surface area contributed by atoms with E-state index in [1.807, 2.05) is 38.1 Å². The number of phenolic OH excluding ortho intramolecular Hbond substituents is 1. The Bertz CT molecular complexity index is 977. The Labute approximate surface area is 150 Å². The molecule has 0 aliphatic rings. The van der Waals surface area contributed by atoms with Gasteiger partial charge in [0.2, 0.25) is 0 Å². The third kappa shape index (κ3) is 3.61. The first-order chi connectivity index (χ1) is 12.5. The predicted molar refractivity (Wildman–Crippen MR) is 101 cm³/mol. The Hall–Kier alpha value is -3.48. The van der Waals surface area contributed by atoms with Crippen LogP contribution in [-0.2, 0) is 0 Å². The molecular formula is C19H19N5O2. The third-order valence-corrected chi connectivity index (χ3v) is 3.84. The summed E-state index contributed by atoms with van der Waals surface area (Å²) in [7, 11) is 0. The average Bonchev–Trinajstić information content (AvgIpc) is 2.63. The molecule has 3 aromatic rings. The van der Waals surface area contributed by atoms with Crippen LogP contribution in [0.15, 0.2) is 43.1 Å². The summed E-state index contributed by atoms with van der Waals surface area (Å²) in [6.07, 6.45) is 3.06. The molecule has 0 saturated heterocycles. The molecule has 132 valence electrons. The maximum atomic E-state index is 11.7. The predicted octanol–water partition coefficient (Wildman–Crippen LogP) is 3.32. The molecule has 26 heavy (non-hydrogen) atoms. The van der Waals surface area contributed by atoms with Gasteiger partial charge in [-0.05, 0) is 49.2 Å². The van der Waals surface area contributed by atoms with Crippen molar-refractivity contribution in [2.45, 2.75) is 13.8 Å². The van der Waals surface area contributed by atoms with Gasteiger partial charge in [0.05, 0.1) is 11.9 Å². The SMILES string of the molecule is C=CCNC(=O)Nc1cnc2ccc(-c3cc(C)c(O)c(C)c3)nc2n1. The van der Waals surface area contributed by atoms with Crippen molar-refractivity contribution >= 4 is 23.0 Å². The van der Waals surface area contributed by atoms with Gasteiger partial charge in [-0.3, -0.25) is 5.32 Å². The molecular weight excluding hydrogens is 330 g/mol. The third-order valence-electron chi connectivity index (χ3n) is 3.84. The Kier molecular flexibility index (Phi) is 4.79. The number of nitrogens with zero attached hydrogens (tertiary/aromatic N) is 3. The first-order valence-corrected chi connectivity index (χ1v) is 8.08. The molecule has 0 fully saturated rings. The minimum absolute atomic E-state index is 0.284. The van der Waals surface area contributed by atoms with Crippen molar-refractivity contribution in [1.82, 2.24) is 20.3 Å². The van der Waals surface area contributed by atoms with Crippen molar-refractivity contribution in [3.8, 4) is 17.0 Å². The van der Waals surface area contributed by atoms with Crippen LogP contribution < -0.4 is 10.6 Å². The normalized spacial score (nSPS) is 10.5. The second-order valence-electron chi connectivity index (χ2n) is 5.88. The van der Waals surface area contributed by atoms with E-state index in [1.165, 1.54) is 6.20 Å². The number of aromatic nitrogens is 3. The van der Waals surface area contributed by atoms with Gasteiger partial charge < -0.3 is 10.4 Å². The number of aryl methyl sites for hydroxylation is 2. The lowest BCUT2D eigenvalue weighted by Gasteiger charge is -2.09. The van der Waals surface area contributed by atoms with E-state index in [0.29, 0.717) is 29.2 Å². The highest BCUT2D eigenvalue weighted by Crippen LogP contribution is 2.28. The highest BCUT2D eigenvalue weighted by atomic mass is 16.3. The number of pyridine rings is 1. The fourth-order valence-electron chi connectivity index (χ4n) is 2.55. The van der Waals surface area contributed by atoms with Gasteiger partial charge in [0.1, 0.15) is 11.3 Å². The number of phenols is 1. The standard InChI is InChI=1S/C19H19N5O2/c1-4-7-20-19(26)24-16-10-21-15-6-5-14(22-18(15)23-16)13-8-11(2)17(25)12(3)9-13/h4-6,8-10,25H,1,7H2,2-3H3,(H2,20,22,23,24,26). The minimum Gasteiger partial charge on any atom is -0.507 e. The molecule has 0 saturated carbocycles. The molecule has 7 heteroatoms. The molecule has 0 bridgehead atoms. The van der Waals surface area contributed by atoms with Gasteiger partial charge in [-0.25, -0.2) is 19.7 Å². The monoisotopic (exact) mass is 349 g/mol. The molecule has 0 atom stereocenters.